The smallest absolute Gasteiger partial charge is 0.263 e. The molecular weight excluding hydrogens is 655 g/mol. The third-order valence-electron chi connectivity index (χ3n) is 6.72. The third kappa shape index (κ3) is 6.21. The van der Waals surface area contributed by atoms with Crippen LogP contribution in [0.1, 0.15) is 17.5 Å². The van der Waals surface area contributed by atoms with Gasteiger partial charge in [0.05, 0.1) is 4.90 Å². The first kappa shape index (κ1) is 29.7. The number of anilines is 3. The fraction of sp³-hybridized carbons (Fsp3) is 0.269. The van der Waals surface area contributed by atoms with Gasteiger partial charge in [0, 0.05) is 70.0 Å². The number of fused-ring (bicyclic) bond motifs is 3. The molecule has 0 amide bonds. The van der Waals surface area contributed by atoms with Gasteiger partial charge in [0.2, 0.25) is 5.13 Å². The van der Waals surface area contributed by atoms with Gasteiger partial charge in [0.25, 0.3) is 10.0 Å². The monoisotopic (exact) mass is 681 g/mol. The summed E-state index contributed by atoms with van der Waals surface area (Å²) in [6.45, 7) is 6.88. The van der Waals surface area contributed by atoms with Crippen molar-refractivity contribution in [1.82, 2.24) is 30.0 Å². The van der Waals surface area contributed by atoms with E-state index in [1.807, 2.05) is 19.9 Å². The number of nitrogens with zero attached hydrogens (tertiary/aromatic N) is 6. The standard InChI is InChI=1S/C26H26N9O2S3.Y/c1-3-21-31-32-25(39-21)33-40(36,37)18-7-5-17(6-8-18)29-26(38)35-12-10-34(11-13-35)24-22-19-14-16(2)4-9-20(19)30-23(22)27-15-28-24;/h5-9,14-15H,3,10-13H2,1-2H3,(H,29,38)(H,32,33)(H,27,28,30);/q-1;. The molecule has 11 nitrogen and oxygen atoms in total. The van der Waals surface area contributed by atoms with Crippen molar-refractivity contribution >= 4 is 77.3 Å². The summed E-state index contributed by atoms with van der Waals surface area (Å²) in [5.74, 6) is 0.908. The molecule has 1 aliphatic rings. The number of aromatic nitrogens is 5. The number of benzene rings is 2. The zero-order valence-electron chi connectivity index (χ0n) is 22.4. The van der Waals surface area contributed by atoms with Gasteiger partial charge in [-0.1, -0.05) is 36.1 Å². The van der Waals surface area contributed by atoms with Gasteiger partial charge < -0.3 is 20.1 Å². The molecule has 0 bridgehead atoms. The summed E-state index contributed by atoms with van der Waals surface area (Å²) < 4.78 is 28.0. The summed E-state index contributed by atoms with van der Waals surface area (Å²) in [5, 5.41) is 14.8. The van der Waals surface area contributed by atoms with Crippen LogP contribution in [0.2, 0.25) is 0 Å². The Morgan fingerprint density at radius 2 is 1.90 bits per heavy atom. The molecule has 2 aromatic carbocycles. The number of H-pyrrole nitrogens is 1. The van der Waals surface area contributed by atoms with E-state index in [1.54, 1.807) is 18.5 Å². The Labute approximate surface area is 272 Å². The molecular formula is C26H26N9O2S3Y-. The molecule has 1 radical (unpaired) electrons. The van der Waals surface area contributed by atoms with Crippen LogP contribution < -0.4 is 14.9 Å². The second-order valence-electron chi connectivity index (χ2n) is 9.38. The van der Waals surface area contributed by atoms with Crippen LogP contribution >= 0.6 is 23.6 Å². The van der Waals surface area contributed by atoms with Gasteiger partial charge in [0.15, 0.2) is 5.11 Å². The summed E-state index contributed by atoms with van der Waals surface area (Å²) >= 11 is 6.90. The number of nitrogens with one attached hydrogen (secondary N) is 3. The topological polar surface area (TPSA) is 132 Å². The molecule has 209 valence electrons. The van der Waals surface area contributed by atoms with Crippen molar-refractivity contribution in [3.63, 3.8) is 0 Å². The first-order valence-corrected chi connectivity index (χ1v) is 15.4. The zero-order chi connectivity index (χ0) is 27.9. The molecule has 5 aromatic rings. The van der Waals surface area contributed by atoms with Crippen LogP contribution in [0.15, 0.2) is 47.6 Å². The molecule has 0 aliphatic carbocycles. The van der Waals surface area contributed by atoms with Crippen LogP contribution in [0.4, 0.5) is 16.6 Å². The maximum absolute atomic E-state index is 12.7. The van der Waals surface area contributed by atoms with Crippen molar-refractivity contribution in [2.45, 2.75) is 25.2 Å². The number of sulfonamides is 1. The van der Waals surface area contributed by atoms with Crippen molar-refractivity contribution < 1.29 is 41.1 Å². The number of hydrogen-bond acceptors (Lipinski definition) is 9. The third-order valence-corrected chi connectivity index (χ3v) is 9.55. The molecule has 1 aliphatic heterocycles. The minimum Gasteiger partial charge on any atom is -0.392 e. The Hall–Kier alpha value is -2.78. The zero-order valence-corrected chi connectivity index (χ0v) is 27.7. The van der Waals surface area contributed by atoms with Crippen LogP contribution in [0.3, 0.4) is 0 Å². The molecule has 0 atom stereocenters. The summed E-state index contributed by atoms with van der Waals surface area (Å²) in [4.78, 5) is 16.9. The van der Waals surface area contributed by atoms with E-state index in [-0.39, 0.29) is 42.7 Å². The Morgan fingerprint density at radius 3 is 2.61 bits per heavy atom. The summed E-state index contributed by atoms with van der Waals surface area (Å²) in [6.07, 6.45) is 2.29. The maximum Gasteiger partial charge on any atom is 0.263 e. The van der Waals surface area contributed by atoms with Gasteiger partial charge in [-0.2, -0.15) is 23.8 Å². The van der Waals surface area contributed by atoms with Crippen molar-refractivity contribution in [1.29, 1.82) is 0 Å². The Kier molecular flexibility index (Phi) is 8.85. The molecule has 1 saturated heterocycles. The van der Waals surface area contributed by atoms with Crippen LogP contribution in [0, 0.1) is 13.0 Å². The summed E-state index contributed by atoms with van der Waals surface area (Å²) in [6, 6.07) is 13.8. The van der Waals surface area contributed by atoms with Crippen molar-refractivity contribution in [2.24, 2.45) is 0 Å². The van der Waals surface area contributed by atoms with E-state index in [2.05, 4.69) is 57.1 Å². The molecule has 0 spiro atoms. The van der Waals surface area contributed by atoms with Gasteiger partial charge in [-0.3, -0.25) is 4.72 Å². The van der Waals surface area contributed by atoms with Gasteiger partial charge in [-0.15, -0.1) is 10.2 Å². The molecule has 0 unspecified atom stereocenters. The van der Waals surface area contributed by atoms with E-state index in [9.17, 15) is 8.42 Å². The molecule has 1 fully saturated rings. The van der Waals surface area contributed by atoms with Crippen molar-refractivity contribution in [3.8, 4) is 0 Å². The number of aromatic amines is 1. The predicted molar refractivity (Wildman–Crippen MR) is 162 cm³/mol. The minimum atomic E-state index is -3.77. The average Bonchev–Trinajstić information content (AvgIpc) is 3.57. The second kappa shape index (κ2) is 12.2. The van der Waals surface area contributed by atoms with Crippen LogP contribution in [0.25, 0.3) is 21.9 Å². The van der Waals surface area contributed by atoms with E-state index < -0.39 is 10.0 Å². The Bertz CT molecular complexity index is 1820. The molecule has 3 N–H and O–H groups in total. The van der Waals surface area contributed by atoms with Crippen molar-refractivity contribution in [3.05, 3.63) is 59.4 Å². The van der Waals surface area contributed by atoms with Gasteiger partial charge in [-0.05, 0) is 42.9 Å². The number of thiocarbonyl (C=S) groups is 1. The van der Waals surface area contributed by atoms with E-state index in [1.165, 1.54) is 23.5 Å². The number of hydrogen-bond donors (Lipinski definition) is 3. The Balaban J connectivity index is 0.00000337. The number of aryl methyl sites for hydroxylation is 2. The molecule has 15 heteroatoms. The number of piperazine rings is 1. The fourth-order valence-corrected chi connectivity index (χ4v) is 6.86. The summed E-state index contributed by atoms with van der Waals surface area (Å²) in [7, 11) is -3.77. The fourth-order valence-electron chi connectivity index (χ4n) is 4.65. The molecule has 3 aromatic heterocycles. The molecule has 0 saturated carbocycles. The first-order chi connectivity index (χ1) is 19.3. The normalized spacial score (nSPS) is 13.8. The van der Waals surface area contributed by atoms with Crippen LogP contribution in [-0.4, -0.2) is 69.8 Å². The number of rotatable bonds is 6. The summed E-state index contributed by atoms with van der Waals surface area (Å²) in [5.41, 5.74) is 3.58. The molecule has 41 heavy (non-hydrogen) atoms. The predicted octanol–water partition coefficient (Wildman–Crippen LogP) is 3.95. The second-order valence-corrected chi connectivity index (χ2v) is 12.5. The van der Waals surface area contributed by atoms with E-state index in [0.29, 0.717) is 30.3 Å². The van der Waals surface area contributed by atoms with Gasteiger partial charge in [-0.25, -0.2) is 18.4 Å². The van der Waals surface area contributed by atoms with Gasteiger partial charge in [0.1, 0.15) is 22.8 Å². The quantitative estimate of drug-likeness (QED) is 0.179. The van der Waals surface area contributed by atoms with Crippen LogP contribution in [0.5, 0.6) is 0 Å². The first-order valence-electron chi connectivity index (χ1n) is 12.7. The van der Waals surface area contributed by atoms with Crippen LogP contribution in [-0.2, 0) is 49.2 Å². The van der Waals surface area contributed by atoms with Gasteiger partial charge >= 0.3 is 0 Å². The molecule has 4 heterocycles. The SMILES string of the molecule is CCc1nnc(NS(=O)(=O)c2ccc(NC(=S)N3CCN(c4ncnc5[nH]c6c[c-]c(C)cc6c45)CC3)cc2)s1.[Y]. The minimum absolute atomic E-state index is 0. The van der Waals surface area contributed by atoms with E-state index >= 15 is 0 Å². The maximum atomic E-state index is 12.7. The van der Waals surface area contributed by atoms with E-state index in [0.717, 1.165) is 51.4 Å². The molecule has 6 rings (SSSR count). The Morgan fingerprint density at radius 1 is 1.15 bits per heavy atom. The largest absolute Gasteiger partial charge is 0.392 e. The van der Waals surface area contributed by atoms with E-state index in [4.69, 9.17) is 12.2 Å². The van der Waals surface area contributed by atoms with Crippen molar-refractivity contribution in [2.75, 3.05) is 41.1 Å². The average molecular weight is 682 g/mol.